The molecule has 0 fully saturated rings. The topological polar surface area (TPSA) is 34.1 Å². The van der Waals surface area contributed by atoms with Gasteiger partial charge in [-0.15, -0.1) is 0 Å². The zero-order valence-electron chi connectivity index (χ0n) is 10.2. The van der Waals surface area contributed by atoms with Crippen LogP contribution in [0.3, 0.4) is 0 Å². The van der Waals surface area contributed by atoms with Gasteiger partial charge in [0.2, 0.25) is 0 Å². The molecule has 0 radical (unpaired) electrons. The van der Waals surface area contributed by atoms with Crippen LogP contribution >= 0.6 is 0 Å². The highest BCUT2D eigenvalue weighted by molar-refractivity contribution is 5.86. The van der Waals surface area contributed by atoms with Crippen LogP contribution in [0.5, 0.6) is 0 Å². The third-order valence-electron chi connectivity index (χ3n) is 3.53. The smallest absolute Gasteiger partial charge is 0.136 e. The summed E-state index contributed by atoms with van der Waals surface area (Å²) in [5, 5.41) is 0. The summed E-state index contributed by atoms with van der Waals surface area (Å²) in [5.41, 5.74) is 2.68. The van der Waals surface area contributed by atoms with Gasteiger partial charge in [-0.05, 0) is 37.3 Å². The standard InChI is InChI=1S/C15H18O2/c1-11(16)6-9-15(17)14-8-7-12-4-2-3-5-13(12)10-14/h2-5,14H,6-10H2,1H3. The van der Waals surface area contributed by atoms with E-state index in [1.54, 1.807) is 6.92 Å². The largest absolute Gasteiger partial charge is 0.300 e. The molecule has 0 heterocycles. The molecule has 1 aromatic rings. The summed E-state index contributed by atoms with van der Waals surface area (Å²) >= 11 is 0. The SMILES string of the molecule is CC(=O)CCC(=O)C1CCc2ccccc2C1. The molecule has 1 unspecified atom stereocenters. The number of ketones is 2. The second kappa shape index (κ2) is 5.26. The van der Waals surface area contributed by atoms with Crippen LogP contribution in [-0.4, -0.2) is 11.6 Å². The Morgan fingerprint density at radius 3 is 2.59 bits per heavy atom. The first-order valence-electron chi connectivity index (χ1n) is 6.25. The summed E-state index contributed by atoms with van der Waals surface area (Å²) < 4.78 is 0. The predicted octanol–water partition coefficient (Wildman–Crippen LogP) is 2.73. The second-order valence-electron chi connectivity index (χ2n) is 4.88. The fraction of sp³-hybridized carbons (Fsp3) is 0.467. The highest BCUT2D eigenvalue weighted by Gasteiger charge is 2.23. The molecule has 0 aromatic heterocycles. The minimum absolute atomic E-state index is 0.106. The average Bonchev–Trinajstić information content (AvgIpc) is 2.35. The quantitative estimate of drug-likeness (QED) is 0.797. The van der Waals surface area contributed by atoms with Crippen LogP contribution in [0.2, 0.25) is 0 Å². The van der Waals surface area contributed by atoms with Crippen LogP contribution < -0.4 is 0 Å². The predicted molar refractivity (Wildman–Crippen MR) is 66.9 cm³/mol. The molecule has 1 aromatic carbocycles. The van der Waals surface area contributed by atoms with Gasteiger partial charge in [-0.25, -0.2) is 0 Å². The van der Waals surface area contributed by atoms with Crippen molar-refractivity contribution in [3.8, 4) is 0 Å². The maximum Gasteiger partial charge on any atom is 0.136 e. The number of carbonyl (C=O) groups is 2. The fourth-order valence-corrected chi connectivity index (χ4v) is 2.48. The van der Waals surface area contributed by atoms with Gasteiger partial charge in [0.05, 0.1) is 0 Å². The Bertz CT molecular complexity index is 434. The second-order valence-corrected chi connectivity index (χ2v) is 4.88. The number of Topliss-reactive ketones (excluding diaryl/α,β-unsaturated/α-hetero) is 2. The minimum atomic E-state index is 0.106. The number of rotatable bonds is 4. The lowest BCUT2D eigenvalue weighted by Gasteiger charge is -2.23. The Hall–Kier alpha value is -1.44. The molecule has 1 aliphatic carbocycles. The number of hydrogen-bond donors (Lipinski definition) is 0. The van der Waals surface area contributed by atoms with Gasteiger partial charge in [0.1, 0.15) is 11.6 Å². The molecule has 0 saturated carbocycles. The number of carbonyl (C=O) groups excluding carboxylic acids is 2. The van der Waals surface area contributed by atoms with Crippen molar-refractivity contribution in [2.75, 3.05) is 0 Å². The van der Waals surface area contributed by atoms with Crippen LogP contribution in [0.1, 0.15) is 37.3 Å². The molecule has 90 valence electrons. The van der Waals surface area contributed by atoms with E-state index in [4.69, 9.17) is 0 Å². The molecule has 2 nitrogen and oxygen atoms in total. The lowest BCUT2D eigenvalue weighted by atomic mass is 9.81. The van der Waals surface area contributed by atoms with Crippen LogP contribution in [0.15, 0.2) is 24.3 Å². The Morgan fingerprint density at radius 1 is 1.18 bits per heavy atom. The summed E-state index contributed by atoms with van der Waals surface area (Å²) in [7, 11) is 0. The van der Waals surface area contributed by atoms with Crippen molar-refractivity contribution in [1.29, 1.82) is 0 Å². The molecule has 2 rings (SSSR count). The van der Waals surface area contributed by atoms with Gasteiger partial charge in [-0.3, -0.25) is 4.79 Å². The van der Waals surface area contributed by atoms with Crippen molar-refractivity contribution < 1.29 is 9.59 Å². The lowest BCUT2D eigenvalue weighted by Crippen LogP contribution is -2.23. The van der Waals surface area contributed by atoms with Gasteiger partial charge < -0.3 is 4.79 Å². The van der Waals surface area contributed by atoms with Gasteiger partial charge in [-0.2, -0.15) is 0 Å². The van der Waals surface area contributed by atoms with Crippen molar-refractivity contribution in [2.45, 2.75) is 39.0 Å². The van der Waals surface area contributed by atoms with Crippen LogP contribution in [0, 0.1) is 5.92 Å². The van der Waals surface area contributed by atoms with Gasteiger partial charge >= 0.3 is 0 Å². The Balaban J connectivity index is 1.97. The highest BCUT2D eigenvalue weighted by atomic mass is 16.1. The fourth-order valence-electron chi connectivity index (χ4n) is 2.48. The van der Waals surface area contributed by atoms with Crippen molar-refractivity contribution in [2.24, 2.45) is 5.92 Å². The van der Waals surface area contributed by atoms with E-state index in [2.05, 4.69) is 18.2 Å². The first-order valence-corrected chi connectivity index (χ1v) is 6.25. The summed E-state index contributed by atoms with van der Waals surface area (Å²) in [6, 6.07) is 8.34. The molecule has 2 heteroatoms. The van der Waals surface area contributed by atoms with E-state index in [0.717, 1.165) is 19.3 Å². The van der Waals surface area contributed by atoms with Crippen molar-refractivity contribution in [3.05, 3.63) is 35.4 Å². The lowest BCUT2D eigenvalue weighted by molar-refractivity contribution is -0.126. The molecule has 0 N–H and O–H groups in total. The molecule has 0 saturated heterocycles. The number of aryl methyl sites for hydroxylation is 1. The van der Waals surface area contributed by atoms with E-state index >= 15 is 0 Å². The maximum atomic E-state index is 12.0. The highest BCUT2D eigenvalue weighted by Crippen LogP contribution is 2.26. The summed E-state index contributed by atoms with van der Waals surface area (Å²) in [6.07, 6.45) is 3.60. The molecule has 0 aliphatic heterocycles. The van der Waals surface area contributed by atoms with E-state index in [1.807, 2.05) is 6.07 Å². The summed E-state index contributed by atoms with van der Waals surface area (Å²) in [6.45, 7) is 1.55. The number of hydrogen-bond acceptors (Lipinski definition) is 2. The molecule has 0 bridgehead atoms. The van der Waals surface area contributed by atoms with Gasteiger partial charge in [-0.1, -0.05) is 24.3 Å². The third-order valence-corrected chi connectivity index (χ3v) is 3.53. The Morgan fingerprint density at radius 2 is 1.88 bits per heavy atom. The van der Waals surface area contributed by atoms with Crippen molar-refractivity contribution >= 4 is 11.6 Å². The third kappa shape index (κ3) is 3.02. The number of fused-ring (bicyclic) bond motifs is 1. The number of benzene rings is 1. The zero-order valence-corrected chi connectivity index (χ0v) is 10.2. The Labute approximate surface area is 102 Å². The van der Waals surface area contributed by atoms with Crippen LogP contribution in [0.4, 0.5) is 0 Å². The maximum absolute atomic E-state index is 12.0. The Kier molecular flexibility index (Phi) is 3.72. The average molecular weight is 230 g/mol. The molecular formula is C15H18O2. The molecule has 17 heavy (non-hydrogen) atoms. The molecule has 0 spiro atoms. The minimum Gasteiger partial charge on any atom is -0.300 e. The molecular weight excluding hydrogens is 212 g/mol. The summed E-state index contributed by atoms with van der Waals surface area (Å²) in [4.78, 5) is 22.8. The van der Waals surface area contributed by atoms with Gasteiger partial charge in [0.25, 0.3) is 0 Å². The van der Waals surface area contributed by atoms with Crippen molar-refractivity contribution in [1.82, 2.24) is 0 Å². The summed E-state index contributed by atoms with van der Waals surface area (Å²) in [5.74, 6) is 0.494. The van der Waals surface area contributed by atoms with Gasteiger partial charge in [0.15, 0.2) is 0 Å². The van der Waals surface area contributed by atoms with Gasteiger partial charge in [0, 0.05) is 18.8 Å². The van der Waals surface area contributed by atoms with E-state index in [1.165, 1.54) is 11.1 Å². The monoisotopic (exact) mass is 230 g/mol. The van der Waals surface area contributed by atoms with E-state index in [0.29, 0.717) is 12.8 Å². The first kappa shape index (κ1) is 12.0. The molecule has 1 aliphatic rings. The van der Waals surface area contributed by atoms with E-state index in [9.17, 15) is 9.59 Å². The normalized spacial score (nSPS) is 18.5. The molecule has 0 amide bonds. The van der Waals surface area contributed by atoms with Crippen LogP contribution in [-0.2, 0) is 22.4 Å². The first-order chi connectivity index (χ1) is 8.16. The van der Waals surface area contributed by atoms with Crippen molar-refractivity contribution in [3.63, 3.8) is 0 Å². The molecule has 1 atom stereocenters. The van der Waals surface area contributed by atoms with E-state index in [-0.39, 0.29) is 17.5 Å². The van der Waals surface area contributed by atoms with Crippen LogP contribution in [0.25, 0.3) is 0 Å². The van der Waals surface area contributed by atoms with E-state index < -0.39 is 0 Å². The zero-order chi connectivity index (χ0) is 12.3.